The summed E-state index contributed by atoms with van der Waals surface area (Å²) in [6, 6.07) is 5.69. The Bertz CT molecular complexity index is 955. The monoisotopic (exact) mass is 380 g/mol. The van der Waals surface area contributed by atoms with Crippen LogP contribution in [-0.4, -0.2) is 22.0 Å². The van der Waals surface area contributed by atoms with Crippen LogP contribution in [-0.2, 0) is 0 Å². The molecule has 3 aromatic rings. The number of hydrogen-bond donors (Lipinski definition) is 1. The topological polar surface area (TPSA) is 64.2 Å². The van der Waals surface area contributed by atoms with E-state index in [-0.39, 0.29) is 22.8 Å². The summed E-state index contributed by atoms with van der Waals surface area (Å²) in [5.74, 6) is -0.604. The number of halogens is 3. The molecule has 0 saturated carbocycles. The Morgan fingerprint density at radius 1 is 1.22 bits per heavy atom. The van der Waals surface area contributed by atoms with Crippen LogP contribution in [0.1, 0.15) is 15.9 Å². The first-order valence-corrected chi connectivity index (χ1v) is 7.29. The molecule has 1 N–H and O–H groups in total. The standard InChI is InChI=1S/C15H7BrF2N2O3/c16-8-4-9-10(6-20-14(9)19-5-8)13(21)7-1-2-11-12(3-7)23-15(17,18)22-11/h1-6H,(H,19,20). The van der Waals surface area contributed by atoms with Gasteiger partial charge in [-0.25, -0.2) is 4.98 Å². The maximum Gasteiger partial charge on any atom is 0.586 e. The molecular weight excluding hydrogens is 374 g/mol. The molecule has 0 radical (unpaired) electrons. The van der Waals surface area contributed by atoms with E-state index < -0.39 is 6.29 Å². The van der Waals surface area contributed by atoms with E-state index in [2.05, 4.69) is 35.4 Å². The number of benzene rings is 1. The van der Waals surface area contributed by atoms with Crippen molar-refractivity contribution in [2.75, 3.05) is 0 Å². The molecule has 0 aliphatic carbocycles. The van der Waals surface area contributed by atoms with Gasteiger partial charge in [-0.05, 0) is 40.2 Å². The third-order valence-corrected chi connectivity index (χ3v) is 3.84. The summed E-state index contributed by atoms with van der Waals surface area (Å²) in [5.41, 5.74) is 1.16. The Labute approximate surface area is 136 Å². The van der Waals surface area contributed by atoms with Crippen molar-refractivity contribution in [3.63, 3.8) is 0 Å². The largest absolute Gasteiger partial charge is 0.586 e. The summed E-state index contributed by atoms with van der Waals surface area (Å²) < 4.78 is 35.5. The zero-order valence-corrected chi connectivity index (χ0v) is 12.9. The number of nitrogens with zero attached hydrogens (tertiary/aromatic N) is 1. The van der Waals surface area contributed by atoms with Crippen molar-refractivity contribution < 1.29 is 23.0 Å². The normalized spacial score (nSPS) is 15.1. The number of carbonyl (C=O) groups is 1. The summed E-state index contributed by atoms with van der Waals surface area (Å²) in [7, 11) is 0. The summed E-state index contributed by atoms with van der Waals surface area (Å²) >= 11 is 3.30. The molecule has 0 bridgehead atoms. The predicted molar refractivity (Wildman–Crippen MR) is 79.9 cm³/mol. The number of aromatic nitrogens is 2. The molecule has 1 aliphatic heterocycles. The van der Waals surface area contributed by atoms with Gasteiger partial charge in [0.25, 0.3) is 0 Å². The molecule has 3 heterocycles. The number of H-pyrrole nitrogens is 1. The van der Waals surface area contributed by atoms with Crippen LogP contribution in [0.15, 0.2) is 41.1 Å². The van der Waals surface area contributed by atoms with Crippen molar-refractivity contribution in [2.24, 2.45) is 0 Å². The highest BCUT2D eigenvalue weighted by Crippen LogP contribution is 2.41. The average molecular weight is 381 g/mol. The van der Waals surface area contributed by atoms with Crippen LogP contribution >= 0.6 is 15.9 Å². The van der Waals surface area contributed by atoms with Crippen LogP contribution in [0.4, 0.5) is 8.78 Å². The molecule has 0 amide bonds. The number of ketones is 1. The molecule has 1 aliphatic rings. The molecule has 0 fully saturated rings. The maximum atomic E-state index is 13.0. The number of ether oxygens (including phenoxy) is 2. The van der Waals surface area contributed by atoms with E-state index >= 15 is 0 Å². The van der Waals surface area contributed by atoms with Crippen LogP contribution in [0.5, 0.6) is 11.5 Å². The van der Waals surface area contributed by atoms with E-state index in [1.165, 1.54) is 24.4 Å². The fourth-order valence-corrected chi connectivity index (χ4v) is 2.74. The van der Waals surface area contributed by atoms with Crippen molar-refractivity contribution in [3.8, 4) is 11.5 Å². The Morgan fingerprint density at radius 3 is 2.83 bits per heavy atom. The highest BCUT2D eigenvalue weighted by Gasteiger charge is 2.43. The first-order chi connectivity index (χ1) is 10.9. The van der Waals surface area contributed by atoms with Gasteiger partial charge in [0.1, 0.15) is 5.65 Å². The van der Waals surface area contributed by atoms with Gasteiger partial charge in [0.2, 0.25) is 0 Å². The number of alkyl halides is 2. The predicted octanol–water partition coefficient (Wildman–Crippen LogP) is 3.88. The minimum atomic E-state index is -3.71. The van der Waals surface area contributed by atoms with E-state index in [9.17, 15) is 13.6 Å². The molecule has 2 aromatic heterocycles. The van der Waals surface area contributed by atoms with Crippen LogP contribution in [0.3, 0.4) is 0 Å². The first kappa shape index (κ1) is 14.1. The number of hydrogen-bond acceptors (Lipinski definition) is 4. The quantitative estimate of drug-likeness (QED) is 0.685. The van der Waals surface area contributed by atoms with Crippen LogP contribution in [0, 0.1) is 0 Å². The van der Waals surface area contributed by atoms with Crippen molar-refractivity contribution in [1.29, 1.82) is 0 Å². The maximum absolute atomic E-state index is 13.0. The first-order valence-electron chi connectivity index (χ1n) is 6.50. The van der Waals surface area contributed by atoms with Crippen LogP contribution < -0.4 is 9.47 Å². The zero-order chi connectivity index (χ0) is 16.2. The van der Waals surface area contributed by atoms with E-state index in [0.717, 1.165) is 4.47 Å². The molecule has 0 unspecified atom stereocenters. The van der Waals surface area contributed by atoms with Gasteiger partial charge in [-0.15, -0.1) is 8.78 Å². The summed E-state index contributed by atoms with van der Waals surface area (Å²) in [5, 5.41) is 0.632. The van der Waals surface area contributed by atoms with Gasteiger partial charge >= 0.3 is 6.29 Å². The summed E-state index contributed by atoms with van der Waals surface area (Å²) in [6.45, 7) is 0. The number of pyridine rings is 1. The lowest BCUT2D eigenvalue weighted by Gasteiger charge is -2.04. The molecule has 8 heteroatoms. The van der Waals surface area contributed by atoms with Gasteiger partial charge in [-0.3, -0.25) is 4.79 Å². The van der Waals surface area contributed by atoms with E-state index in [1.54, 1.807) is 12.3 Å². The fraction of sp³-hybridized carbons (Fsp3) is 0.0667. The molecule has 0 saturated heterocycles. The third-order valence-electron chi connectivity index (χ3n) is 3.41. The minimum Gasteiger partial charge on any atom is -0.395 e. The number of nitrogens with one attached hydrogen (secondary N) is 1. The zero-order valence-electron chi connectivity index (χ0n) is 11.3. The summed E-state index contributed by atoms with van der Waals surface area (Å²) in [4.78, 5) is 19.7. The number of rotatable bonds is 2. The second-order valence-electron chi connectivity index (χ2n) is 4.91. The lowest BCUT2D eigenvalue weighted by atomic mass is 10.0. The Kier molecular flexibility index (Phi) is 2.92. The molecule has 4 rings (SSSR count). The van der Waals surface area contributed by atoms with Gasteiger partial charge in [-0.2, -0.15) is 0 Å². The lowest BCUT2D eigenvalue weighted by molar-refractivity contribution is -0.286. The molecular formula is C15H7BrF2N2O3. The molecule has 5 nitrogen and oxygen atoms in total. The van der Waals surface area contributed by atoms with E-state index in [1.807, 2.05) is 0 Å². The highest BCUT2D eigenvalue weighted by atomic mass is 79.9. The van der Waals surface area contributed by atoms with Gasteiger partial charge < -0.3 is 14.5 Å². The van der Waals surface area contributed by atoms with Crippen molar-refractivity contribution in [1.82, 2.24) is 9.97 Å². The SMILES string of the molecule is O=C(c1ccc2c(c1)OC(F)(F)O2)c1c[nH]c2ncc(Br)cc12. The van der Waals surface area contributed by atoms with Crippen molar-refractivity contribution in [3.05, 3.63) is 52.3 Å². The highest BCUT2D eigenvalue weighted by molar-refractivity contribution is 9.10. The van der Waals surface area contributed by atoms with Gasteiger partial charge in [0.05, 0.1) is 0 Å². The van der Waals surface area contributed by atoms with Gasteiger partial charge in [0, 0.05) is 33.4 Å². The summed E-state index contributed by atoms with van der Waals surface area (Å²) in [6.07, 6.45) is -0.569. The smallest absolute Gasteiger partial charge is 0.395 e. The molecule has 0 spiro atoms. The Hall–Kier alpha value is -2.48. The number of aromatic amines is 1. The molecule has 1 aromatic carbocycles. The number of carbonyl (C=O) groups excluding carboxylic acids is 1. The lowest BCUT2D eigenvalue weighted by Crippen LogP contribution is -2.25. The van der Waals surface area contributed by atoms with Gasteiger partial charge in [0.15, 0.2) is 17.3 Å². The van der Waals surface area contributed by atoms with Gasteiger partial charge in [-0.1, -0.05) is 0 Å². The van der Waals surface area contributed by atoms with Crippen LogP contribution in [0.2, 0.25) is 0 Å². The Morgan fingerprint density at radius 2 is 2.00 bits per heavy atom. The third kappa shape index (κ3) is 2.35. The molecule has 116 valence electrons. The average Bonchev–Trinajstić information content (AvgIpc) is 3.03. The van der Waals surface area contributed by atoms with Crippen molar-refractivity contribution >= 4 is 32.7 Å². The van der Waals surface area contributed by atoms with Crippen molar-refractivity contribution in [2.45, 2.75) is 6.29 Å². The number of fused-ring (bicyclic) bond motifs is 2. The second-order valence-corrected chi connectivity index (χ2v) is 5.83. The van der Waals surface area contributed by atoms with Crippen LogP contribution in [0.25, 0.3) is 11.0 Å². The van der Waals surface area contributed by atoms with E-state index in [4.69, 9.17) is 0 Å². The fourth-order valence-electron chi connectivity index (χ4n) is 2.41. The molecule has 0 atom stereocenters. The molecule has 23 heavy (non-hydrogen) atoms. The Balaban J connectivity index is 1.76. The van der Waals surface area contributed by atoms with E-state index in [0.29, 0.717) is 16.6 Å². The second kappa shape index (κ2) is 4.76. The minimum absolute atomic E-state index is 0.102.